The zero-order valence-corrected chi connectivity index (χ0v) is 23.1. The molecule has 1 N–H and O–H groups in total. The molecule has 4 unspecified atom stereocenters. The molecule has 2 heterocycles. The van der Waals surface area contributed by atoms with Crippen LogP contribution < -0.4 is 0 Å². The molecule has 0 radical (unpaired) electrons. The van der Waals surface area contributed by atoms with Crippen molar-refractivity contribution >= 4 is 0 Å². The summed E-state index contributed by atoms with van der Waals surface area (Å²) < 4.78 is 6.48. The van der Waals surface area contributed by atoms with Crippen LogP contribution in [0.25, 0.3) is 0 Å². The monoisotopic (exact) mass is 502 g/mol. The van der Waals surface area contributed by atoms with Gasteiger partial charge in [0.15, 0.2) is 5.76 Å². The van der Waals surface area contributed by atoms with Crippen molar-refractivity contribution in [3.8, 4) is 0 Å². The van der Waals surface area contributed by atoms with Gasteiger partial charge in [-0.1, -0.05) is 66.8 Å². The van der Waals surface area contributed by atoms with Crippen LogP contribution in [0.4, 0.5) is 0 Å². The van der Waals surface area contributed by atoms with Crippen LogP contribution in [0.1, 0.15) is 70.8 Å². The second-order valence-electron chi connectivity index (χ2n) is 11.2. The van der Waals surface area contributed by atoms with Crippen LogP contribution >= 0.6 is 0 Å². The van der Waals surface area contributed by atoms with Gasteiger partial charge in [-0.05, 0) is 77.5 Å². The van der Waals surface area contributed by atoms with Gasteiger partial charge in [0.1, 0.15) is 11.5 Å². The molecule has 2 saturated heterocycles. The molecule has 2 fully saturated rings. The maximum atomic E-state index is 11.0. The number of benzene rings is 1. The van der Waals surface area contributed by atoms with E-state index in [4.69, 9.17) is 4.74 Å². The van der Waals surface area contributed by atoms with Crippen molar-refractivity contribution < 1.29 is 9.84 Å². The molecule has 2 aliphatic heterocycles. The van der Waals surface area contributed by atoms with E-state index in [1.54, 1.807) is 6.08 Å². The first kappa shape index (κ1) is 27.5. The zero-order chi connectivity index (χ0) is 26.2. The fraction of sp³-hybridized carbons (Fsp3) is 0.515. The lowest BCUT2D eigenvalue weighted by Crippen LogP contribution is -2.44. The van der Waals surface area contributed by atoms with E-state index < -0.39 is 0 Å². The average molecular weight is 503 g/mol. The largest absolute Gasteiger partial charge is 0.508 e. The molecule has 1 aromatic carbocycles. The number of aliphatic hydroxyl groups is 1. The molecule has 0 saturated carbocycles. The van der Waals surface area contributed by atoms with E-state index in [-0.39, 0.29) is 6.04 Å². The van der Waals surface area contributed by atoms with Gasteiger partial charge in [0.05, 0.1) is 6.04 Å². The third-order valence-electron chi connectivity index (χ3n) is 8.40. The third-order valence-corrected chi connectivity index (χ3v) is 8.40. The molecule has 0 spiro atoms. The van der Waals surface area contributed by atoms with Crippen LogP contribution in [-0.4, -0.2) is 52.7 Å². The summed E-state index contributed by atoms with van der Waals surface area (Å²) in [6.07, 6.45) is 19.6. The van der Waals surface area contributed by atoms with Crippen molar-refractivity contribution in [1.29, 1.82) is 0 Å². The maximum Gasteiger partial charge on any atom is 0.159 e. The Morgan fingerprint density at radius 2 is 1.86 bits per heavy atom. The summed E-state index contributed by atoms with van der Waals surface area (Å²) in [6, 6.07) is 12.7. The van der Waals surface area contributed by atoms with E-state index in [0.29, 0.717) is 42.5 Å². The Bertz CT molecular complexity index is 1020. The van der Waals surface area contributed by atoms with Crippen LogP contribution in [0.15, 0.2) is 90.1 Å². The topological polar surface area (TPSA) is 35.9 Å². The van der Waals surface area contributed by atoms with Crippen LogP contribution in [-0.2, 0) is 11.2 Å². The highest BCUT2D eigenvalue weighted by atomic mass is 16.5. The number of fused-ring (bicyclic) bond motifs is 2. The van der Waals surface area contributed by atoms with E-state index in [0.717, 1.165) is 25.1 Å². The molecule has 37 heavy (non-hydrogen) atoms. The molecule has 4 nitrogen and oxygen atoms in total. The molecule has 4 atom stereocenters. The van der Waals surface area contributed by atoms with Gasteiger partial charge in [0.2, 0.25) is 0 Å². The number of ether oxygens (including phenoxy) is 1. The molecule has 0 amide bonds. The van der Waals surface area contributed by atoms with Crippen LogP contribution in [0.2, 0.25) is 0 Å². The van der Waals surface area contributed by atoms with Gasteiger partial charge in [-0.2, -0.15) is 0 Å². The number of hydrogen-bond donors (Lipinski definition) is 1. The van der Waals surface area contributed by atoms with E-state index >= 15 is 0 Å². The Labute approximate surface area is 224 Å². The van der Waals surface area contributed by atoms with Gasteiger partial charge in [0.25, 0.3) is 0 Å². The van der Waals surface area contributed by atoms with Crippen LogP contribution in [0.3, 0.4) is 0 Å². The zero-order valence-electron chi connectivity index (χ0n) is 23.1. The number of likely N-dealkylation sites (N-methyl/N-ethyl adjacent to an activating group) is 1. The van der Waals surface area contributed by atoms with E-state index in [2.05, 4.69) is 85.8 Å². The summed E-state index contributed by atoms with van der Waals surface area (Å²) in [6.45, 7) is 9.22. The Balaban J connectivity index is 1.47. The second kappa shape index (κ2) is 13.3. The first-order valence-electron chi connectivity index (χ1n) is 14.2. The van der Waals surface area contributed by atoms with Crippen molar-refractivity contribution in [2.45, 2.75) is 95.8 Å². The van der Waals surface area contributed by atoms with Gasteiger partial charge in [-0.3, -0.25) is 9.80 Å². The van der Waals surface area contributed by atoms with E-state index in [9.17, 15) is 5.11 Å². The standard InChI is InChI=1S/C33H46N2O2/c1-5-11-30(21-16-25(2)3)37-33-31(14-9-10-15-32(33)36)34(4)28-19-17-27-18-20-29(24-28)35(27)23-22-26-12-7-6-8-13-26/h5-13,16,27-29,31,36H,1,14-15,17-24H2,2-4H3/b30-11+. The lowest BCUT2D eigenvalue weighted by atomic mass is 9.94. The SMILES string of the molecule is C=C/C=C(\CC=C(C)C)OC1=C(O)CC=CCC1N(C)C1CCC2CCC(C1)N2CCc1ccccc1. The predicted molar refractivity (Wildman–Crippen MR) is 154 cm³/mol. The van der Waals surface area contributed by atoms with Crippen molar-refractivity contribution in [3.05, 3.63) is 95.7 Å². The number of nitrogens with zero attached hydrogens (tertiary/aromatic N) is 2. The molecule has 1 aliphatic carbocycles. The number of aliphatic hydroxyl groups excluding tert-OH is 1. The molecule has 3 aliphatic rings. The van der Waals surface area contributed by atoms with Crippen LogP contribution in [0, 0.1) is 0 Å². The summed E-state index contributed by atoms with van der Waals surface area (Å²) in [5, 5.41) is 11.0. The minimum Gasteiger partial charge on any atom is -0.508 e. The van der Waals surface area contributed by atoms with Gasteiger partial charge in [-0.15, -0.1) is 0 Å². The third kappa shape index (κ3) is 7.27. The summed E-state index contributed by atoms with van der Waals surface area (Å²) in [5.41, 5.74) is 2.68. The molecule has 4 heteroatoms. The van der Waals surface area contributed by atoms with Crippen LogP contribution in [0.5, 0.6) is 0 Å². The average Bonchev–Trinajstić information content (AvgIpc) is 3.04. The Morgan fingerprint density at radius 3 is 2.62 bits per heavy atom. The minimum atomic E-state index is 0.0260. The second-order valence-corrected chi connectivity index (χ2v) is 11.2. The smallest absolute Gasteiger partial charge is 0.159 e. The highest BCUT2D eigenvalue weighted by molar-refractivity contribution is 5.22. The lowest BCUT2D eigenvalue weighted by Gasteiger charge is -2.37. The molecule has 4 rings (SSSR count). The first-order chi connectivity index (χ1) is 18.0. The van der Waals surface area contributed by atoms with Crippen molar-refractivity contribution in [3.63, 3.8) is 0 Å². The molecule has 2 bridgehead atoms. The number of allylic oxidation sites excluding steroid dienone is 5. The summed E-state index contributed by atoms with van der Waals surface area (Å²) in [4.78, 5) is 5.31. The first-order valence-corrected chi connectivity index (χ1v) is 14.2. The van der Waals surface area contributed by atoms with Gasteiger partial charge in [0, 0.05) is 37.5 Å². The minimum absolute atomic E-state index is 0.0260. The van der Waals surface area contributed by atoms with E-state index in [1.807, 2.05) is 6.08 Å². The van der Waals surface area contributed by atoms with Gasteiger partial charge >= 0.3 is 0 Å². The number of hydrogen-bond acceptors (Lipinski definition) is 4. The quantitative estimate of drug-likeness (QED) is 0.204. The summed E-state index contributed by atoms with van der Waals surface area (Å²) in [7, 11) is 2.24. The fourth-order valence-electron chi connectivity index (χ4n) is 6.31. The molecule has 200 valence electrons. The molecular weight excluding hydrogens is 456 g/mol. The Morgan fingerprint density at radius 1 is 1.11 bits per heavy atom. The molecule has 1 aromatic rings. The normalized spacial score (nSPS) is 26.6. The summed E-state index contributed by atoms with van der Waals surface area (Å²) in [5.74, 6) is 1.88. The Hall–Kier alpha value is -2.56. The van der Waals surface area contributed by atoms with Crippen molar-refractivity contribution in [2.24, 2.45) is 0 Å². The Kier molecular flexibility index (Phi) is 9.88. The highest BCUT2D eigenvalue weighted by Gasteiger charge is 2.40. The van der Waals surface area contributed by atoms with Gasteiger partial charge in [-0.25, -0.2) is 0 Å². The molecular formula is C33H46N2O2. The van der Waals surface area contributed by atoms with Gasteiger partial charge < -0.3 is 9.84 Å². The predicted octanol–water partition coefficient (Wildman–Crippen LogP) is 7.48. The van der Waals surface area contributed by atoms with Crippen molar-refractivity contribution in [1.82, 2.24) is 9.80 Å². The lowest BCUT2D eigenvalue weighted by molar-refractivity contribution is 0.110. The number of rotatable bonds is 10. The molecule has 0 aromatic heterocycles. The highest BCUT2D eigenvalue weighted by Crippen LogP contribution is 2.38. The fourth-order valence-corrected chi connectivity index (χ4v) is 6.31. The maximum absolute atomic E-state index is 11.0. The summed E-state index contributed by atoms with van der Waals surface area (Å²) >= 11 is 0. The van der Waals surface area contributed by atoms with E-state index in [1.165, 1.54) is 43.2 Å². The van der Waals surface area contributed by atoms with Crippen molar-refractivity contribution in [2.75, 3.05) is 13.6 Å².